The number of hydrogen-bond acceptors (Lipinski definition) is 2. The number of nitrogens with one attached hydrogen (secondary N) is 1. The van der Waals surface area contributed by atoms with Crippen molar-refractivity contribution >= 4 is 17.5 Å². The fraction of sp³-hybridized carbons (Fsp3) is 0.500. The van der Waals surface area contributed by atoms with Crippen LogP contribution in [0.25, 0.3) is 0 Å². The van der Waals surface area contributed by atoms with Gasteiger partial charge < -0.3 is 10.2 Å². The summed E-state index contributed by atoms with van der Waals surface area (Å²) in [5.41, 5.74) is 1.08. The molecule has 1 fully saturated rings. The molecule has 4 heteroatoms. The molecule has 18 heavy (non-hydrogen) atoms. The third-order valence-electron chi connectivity index (χ3n) is 3.43. The molecule has 1 heterocycles. The van der Waals surface area contributed by atoms with Crippen LogP contribution in [0, 0.1) is 0 Å². The van der Waals surface area contributed by atoms with Gasteiger partial charge >= 0.3 is 0 Å². The SMILES string of the molecule is CNCCC(=O)N1CCC[C@H]1c1ccccc1Cl. The first-order valence-corrected chi connectivity index (χ1v) is 6.80. The highest BCUT2D eigenvalue weighted by atomic mass is 35.5. The molecule has 0 bridgehead atoms. The van der Waals surface area contributed by atoms with Crippen molar-refractivity contribution in [1.82, 2.24) is 10.2 Å². The van der Waals surface area contributed by atoms with Gasteiger partial charge in [0.1, 0.15) is 0 Å². The van der Waals surface area contributed by atoms with Crippen LogP contribution in [0.4, 0.5) is 0 Å². The van der Waals surface area contributed by atoms with Crippen molar-refractivity contribution in [3.8, 4) is 0 Å². The molecule has 1 aliphatic heterocycles. The number of benzene rings is 1. The van der Waals surface area contributed by atoms with Crippen LogP contribution in [0.15, 0.2) is 24.3 Å². The molecule has 0 radical (unpaired) electrons. The minimum Gasteiger partial charge on any atom is -0.336 e. The highest BCUT2D eigenvalue weighted by Gasteiger charge is 2.30. The predicted molar refractivity (Wildman–Crippen MR) is 73.7 cm³/mol. The zero-order valence-electron chi connectivity index (χ0n) is 10.7. The van der Waals surface area contributed by atoms with Crippen LogP contribution in [-0.2, 0) is 4.79 Å². The Labute approximate surface area is 113 Å². The molecule has 0 spiro atoms. The van der Waals surface area contributed by atoms with Crippen molar-refractivity contribution in [2.24, 2.45) is 0 Å². The van der Waals surface area contributed by atoms with Gasteiger partial charge in [-0.2, -0.15) is 0 Å². The van der Waals surface area contributed by atoms with E-state index in [1.807, 2.05) is 36.2 Å². The second-order valence-corrected chi connectivity index (χ2v) is 5.03. The molecule has 1 aromatic carbocycles. The maximum Gasteiger partial charge on any atom is 0.224 e. The summed E-state index contributed by atoms with van der Waals surface area (Å²) in [7, 11) is 1.86. The van der Waals surface area contributed by atoms with Gasteiger partial charge in [0.05, 0.1) is 6.04 Å². The van der Waals surface area contributed by atoms with E-state index in [1.165, 1.54) is 0 Å². The van der Waals surface area contributed by atoms with E-state index < -0.39 is 0 Å². The molecule has 2 rings (SSSR count). The van der Waals surface area contributed by atoms with Crippen molar-refractivity contribution < 1.29 is 4.79 Å². The van der Waals surface area contributed by atoms with E-state index in [0.717, 1.165) is 36.5 Å². The van der Waals surface area contributed by atoms with Gasteiger partial charge in [0.25, 0.3) is 0 Å². The predicted octanol–water partition coefficient (Wildman–Crippen LogP) is 2.61. The molecule has 1 saturated heterocycles. The van der Waals surface area contributed by atoms with E-state index in [2.05, 4.69) is 5.32 Å². The number of carbonyl (C=O) groups excluding carboxylic acids is 1. The van der Waals surface area contributed by atoms with Crippen LogP contribution in [-0.4, -0.2) is 30.9 Å². The Balaban J connectivity index is 2.12. The van der Waals surface area contributed by atoms with Gasteiger partial charge in [0, 0.05) is 24.5 Å². The first-order chi connectivity index (χ1) is 8.74. The van der Waals surface area contributed by atoms with Gasteiger partial charge in [0.2, 0.25) is 5.91 Å². The van der Waals surface area contributed by atoms with Crippen LogP contribution in [0.1, 0.15) is 30.9 Å². The molecule has 0 saturated carbocycles. The minimum atomic E-state index is 0.156. The summed E-state index contributed by atoms with van der Waals surface area (Å²) in [6, 6.07) is 7.98. The highest BCUT2D eigenvalue weighted by molar-refractivity contribution is 6.31. The molecule has 1 atom stereocenters. The van der Waals surface area contributed by atoms with E-state index in [0.29, 0.717) is 6.42 Å². The van der Waals surface area contributed by atoms with Crippen LogP contribution >= 0.6 is 11.6 Å². The number of amides is 1. The lowest BCUT2D eigenvalue weighted by Crippen LogP contribution is -2.32. The third kappa shape index (κ3) is 2.85. The van der Waals surface area contributed by atoms with Gasteiger partial charge in [-0.15, -0.1) is 0 Å². The summed E-state index contributed by atoms with van der Waals surface area (Å²) < 4.78 is 0. The molecule has 1 amide bonds. The Morgan fingerprint density at radius 3 is 3.00 bits per heavy atom. The second kappa shape index (κ2) is 6.21. The summed E-state index contributed by atoms with van der Waals surface area (Å²) in [5.74, 6) is 0.215. The summed E-state index contributed by atoms with van der Waals surface area (Å²) in [5, 5.41) is 3.77. The summed E-state index contributed by atoms with van der Waals surface area (Å²) in [6.45, 7) is 1.57. The topological polar surface area (TPSA) is 32.3 Å². The maximum absolute atomic E-state index is 12.1. The minimum absolute atomic E-state index is 0.156. The van der Waals surface area contributed by atoms with Crippen molar-refractivity contribution in [1.29, 1.82) is 0 Å². The quantitative estimate of drug-likeness (QED) is 0.909. The number of nitrogens with zero attached hydrogens (tertiary/aromatic N) is 1. The van der Waals surface area contributed by atoms with E-state index >= 15 is 0 Å². The molecule has 3 nitrogen and oxygen atoms in total. The second-order valence-electron chi connectivity index (χ2n) is 4.62. The molecule has 1 aromatic rings. The van der Waals surface area contributed by atoms with Crippen LogP contribution in [0.3, 0.4) is 0 Å². The maximum atomic E-state index is 12.1. The van der Waals surface area contributed by atoms with E-state index in [9.17, 15) is 4.79 Å². The summed E-state index contributed by atoms with van der Waals surface area (Å²) in [4.78, 5) is 14.1. The Morgan fingerprint density at radius 1 is 1.50 bits per heavy atom. The van der Waals surface area contributed by atoms with Crippen LogP contribution in [0.5, 0.6) is 0 Å². The Kier molecular flexibility index (Phi) is 4.61. The van der Waals surface area contributed by atoms with E-state index in [1.54, 1.807) is 0 Å². The molecule has 0 unspecified atom stereocenters. The summed E-state index contributed by atoms with van der Waals surface area (Å²) in [6.07, 6.45) is 2.62. The lowest BCUT2D eigenvalue weighted by atomic mass is 10.0. The molecule has 1 aliphatic rings. The first-order valence-electron chi connectivity index (χ1n) is 6.42. The molecule has 0 aromatic heterocycles. The zero-order valence-corrected chi connectivity index (χ0v) is 11.4. The van der Waals surface area contributed by atoms with Gasteiger partial charge in [-0.1, -0.05) is 29.8 Å². The molecular formula is C14H19ClN2O. The largest absolute Gasteiger partial charge is 0.336 e. The smallest absolute Gasteiger partial charge is 0.224 e. The van der Waals surface area contributed by atoms with Gasteiger partial charge in [-0.05, 0) is 31.5 Å². The normalized spacial score (nSPS) is 19.2. The standard InChI is InChI=1S/C14H19ClN2O/c1-16-9-8-14(18)17-10-4-7-13(17)11-5-2-3-6-12(11)15/h2-3,5-6,13,16H,4,7-10H2,1H3/t13-/m0/s1. The lowest BCUT2D eigenvalue weighted by Gasteiger charge is -2.25. The third-order valence-corrected chi connectivity index (χ3v) is 3.77. The van der Waals surface area contributed by atoms with Crippen molar-refractivity contribution in [2.75, 3.05) is 20.1 Å². The number of hydrogen-bond donors (Lipinski definition) is 1. The number of halogens is 1. The highest BCUT2D eigenvalue weighted by Crippen LogP contribution is 2.35. The molecule has 0 aliphatic carbocycles. The van der Waals surface area contributed by atoms with Crippen molar-refractivity contribution in [2.45, 2.75) is 25.3 Å². The van der Waals surface area contributed by atoms with Crippen LogP contribution < -0.4 is 5.32 Å². The monoisotopic (exact) mass is 266 g/mol. The Hall–Kier alpha value is -1.06. The average Bonchev–Trinajstić information content (AvgIpc) is 2.85. The van der Waals surface area contributed by atoms with Gasteiger partial charge in [0.15, 0.2) is 0 Å². The number of likely N-dealkylation sites (tertiary alicyclic amines) is 1. The van der Waals surface area contributed by atoms with Crippen molar-refractivity contribution in [3.05, 3.63) is 34.9 Å². The Bertz CT molecular complexity index is 422. The van der Waals surface area contributed by atoms with E-state index in [-0.39, 0.29) is 11.9 Å². The fourth-order valence-corrected chi connectivity index (χ4v) is 2.77. The summed E-state index contributed by atoms with van der Waals surface area (Å²) >= 11 is 6.23. The average molecular weight is 267 g/mol. The Morgan fingerprint density at radius 2 is 2.28 bits per heavy atom. The molecular weight excluding hydrogens is 248 g/mol. The lowest BCUT2D eigenvalue weighted by molar-refractivity contribution is -0.132. The number of carbonyl (C=O) groups is 1. The first kappa shape index (κ1) is 13.4. The zero-order chi connectivity index (χ0) is 13.0. The van der Waals surface area contributed by atoms with Gasteiger partial charge in [-0.3, -0.25) is 4.79 Å². The van der Waals surface area contributed by atoms with Crippen LogP contribution in [0.2, 0.25) is 5.02 Å². The molecule has 98 valence electrons. The van der Waals surface area contributed by atoms with Crippen molar-refractivity contribution in [3.63, 3.8) is 0 Å². The van der Waals surface area contributed by atoms with E-state index in [4.69, 9.17) is 11.6 Å². The number of rotatable bonds is 4. The molecule has 1 N–H and O–H groups in total. The van der Waals surface area contributed by atoms with Gasteiger partial charge in [-0.25, -0.2) is 0 Å². The fourth-order valence-electron chi connectivity index (χ4n) is 2.51.